The molecule has 0 aliphatic rings. The Bertz CT molecular complexity index is 284. The summed E-state index contributed by atoms with van der Waals surface area (Å²) in [6, 6.07) is 0. The third-order valence-electron chi connectivity index (χ3n) is 1.51. The van der Waals surface area contributed by atoms with E-state index in [1.807, 2.05) is 13.8 Å². The molecule has 5 nitrogen and oxygen atoms in total. The van der Waals surface area contributed by atoms with E-state index < -0.39 is 10.0 Å². The summed E-state index contributed by atoms with van der Waals surface area (Å²) in [6.07, 6.45) is 0.0746. The lowest BCUT2D eigenvalue weighted by Crippen LogP contribution is -2.30. The summed E-state index contributed by atoms with van der Waals surface area (Å²) in [5.74, 6) is -0.231. The number of esters is 1. The first-order valence-electron chi connectivity index (χ1n) is 5.00. The number of sulfonamides is 1. The Balaban J connectivity index is 3.80. The summed E-state index contributed by atoms with van der Waals surface area (Å²) in [5.41, 5.74) is 0. The SMILES string of the molecule is CCOC(=O)CCNS(=O)(=O)CC(C)C. The highest BCUT2D eigenvalue weighted by atomic mass is 32.2. The number of hydrogen-bond donors (Lipinski definition) is 1. The van der Waals surface area contributed by atoms with Crippen LogP contribution in [-0.4, -0.2) is 33.3 Å². The summed E-state index contributed by atoms with van der Waals surface area (Å²) >= 11 is 0. The molecule has 0 saturated heterocycles. The summed E-state index contributed by atoms with van der Waals surface area (Å²) < 4.78 is 29.6. The predicted molar refractivity (Wildman–Crippen MR) is 57.9 cm³/mol. The Morgan fingerprint density at radius 1 is 1.40 bits per heavy atom. The third kappa shape index (κ3) is 8.38. The number of ether oxygens (including phenoxy) is 1. The zero-order valence-electron chi connectivity index (χ0n) is 9.45. The van der Waals surface area contributed by atoms with Crippen molar-refractivity contribution in [1.29, 1.82) is 0 Å². The molecule has 90 valence electrons. The van der Waals surface area contributed by atoms with Gasteiger partial charge in [-0.15, -0.1) is 0 Å². The zero-order valence-corrected chi connectivity index (χ0v) is 10.3. The highest BCUT2D eigenvalue weighted by Gasteiger charge is 2.12. The predicted octanol–water partition coefficient (Wildman–Crippen LogP) is 0.515. The fourth-order valence-electron chi connectivity index (χ4n) is 1.04. The zero-order chi connectivity index (χ0) is 11.9. The Morgan fingerprint density at radius 2 is 2.00 bits per heavy atom. The number of carbonyl (C=O) groups is 1. The second-order valence-electron chi connectivity index (χ2n) is 3.62. The van der Waals surface area contributed by atoms with Gasteiger partial charge in [0.15, 0.2) is 0 Å². The molecule has 0 unspecified atom stereocenters. The van der Waals surface area contributed by atoms with Gasteiger partial charge >= 0.3 is 5.97 Å². The van der Waals surface area contributed by atoms with Gasteiger partial charge in [-0.1, -0.05) is 13.8 Å². The molecule has 0 saturated carbocycles. The molecule has 0 aromatic carbocycles. The van der Waals surface area contributed by atoms with Gasteiger partial charge < -0.3 is 4.74 Å². The van der Waals surface area contributed by atoms with Crippen LogP contribution in [0.1, 0.15) is 27.2 Å². The van der Waals surface area contributed by atoms with Crippen LogP contribution in [-0.2, 0) is 19.6 Å². The summed E-state index contributed by atoms with van der Waals surface area (Å²) in [6.45, 7) is 5.78. The van der Waals surface area contributed by atoms with Crippen molar-refractivity contribution in [3.05, 3.63) is 0 Å². The number of carbonyl (C=O) groups excluding carboxylic acids is 1. The number of nitrogens with one attached hydrogen (secondary N) is 1. The molecule has 15 heavy (non-hydrogen) atoms. The molecule has 0 aliphatic carbocycles. The van der Waals surface area contributed by atoms with Crippen LogP contribution >= 0.6 is 0 Å². The third-order valence-corrected chi connectivity index (χ3v) is 3.26. The lowest BCUT2D eigenvalue weighted by molar-refractivity contribution is -0.142. The lowest BCUT2D eigenvalue weighted by Gasteiger charge is -2.08. The van der Waals surface area contributed by atoms with Gasteiger partial charge in [0, 0.05) is 6.54 Å². The minimum atomic E-state index is -3.25. The average Bonchev–Trinajstić information content (AvgIpc) is 2.01. The van der Waals surface area contributed by atoms with E-state index in [0.29, 0.717) is 6.61 Å². The van der Waals surface area contributed by atoms with Crippen molar-refractivity contribution in [1.82, 2.24) is 4.72 Å². The van der Waals surface area contributed by atoms with Crippen molar-refractivity contribution >= 4 is 16.0 Å². The maximum atomic E-state index is 11.3. The van der Waals surface area contributed by atoms with Gasteiger partial charge in [-0.3, -0.25) is 4.79 Å². The molecular weight excluding hydrogens is 218 g/mol. The second-order valence-corrected chi connectivity index (χ2v) is 5.48. The van der Waals surface area contributed by atoms with E-state index in [1.54, 1.807) is 6.92 Å². The smallest absolute Gasteiger partial charge is 0.307 e. The van der Waals surface area contributed by atoms with Crippen molar-refractivity contribution < 1.29 is 17.9 Å². The maximum Gasteiger partial charge on any atom is 0.307 e. The second kappa shape index (κ2) is 6.79. The van der Waals surface area contributed by atoms with Crippen LogP contribution in [0.2, 0.25) is 0 Å². The number of hydrogen-bond acceptors (Lipinski definition) is 4. The van der Waals surface area contributed by atoms with Crippen LogP contribution in [0.5, 0.6) is 0 Å². The van der Waals surface area contributed by atoms with E-state index in [9.17, 15) is 13.2 Å². The molecule has 0 bridgehead atoms. The fraction of sp³-hybridized carbons (Fsp3) is 0.889. The van der Waals surface area contributed by atoms with Crippen LogP contribution in [0.25, 0.3) is 0 Å². The largest absolute Gasteiger partial charge is 0.466 e. The first-order valence-corrected chi connectivity index (χ1v) is 6.65. The van der Waals surface area contributed by atoms with Crippen LogP contribution in [0.3, 0.4) is 0 Å². The molecule has 0 spiro atoms. The minimum absolute atomic E-state index is 0.0742. The van der Waals surface area contributed by atoms with E-state index in [4.69, 9.17) is 0 Å². The first-order chi connectivity index (χ1) is 6.87. The fourth-order valence-corrected chi connectivity index (χ4v) is 2.45. The average molecular weight is 237 g/mol. The summed E-state index contributed by atoms with van der Waals surface area (Å²) in [5, 5.41) is 0. The van der Waals surface area contributed by atoms with E-state index in [0.717, 1.165) is 0 Å². The van der Waals surface area contributed by atoms with Gasteiger partial charge in [0.05, 0.1) is 18.8 Å². The maximum absolute atomic E-state index is 11.3. The van der Waals surface area contributed by atoms with E-state index in [1.165, 1.54) is 0 Å². The molecule has 0 aromatic rings. The molecular formula is C9H19NO4S. The van der Waals surface area contributed by atoms with Crippen LogP contribution in [0.4, 0.5) is 0 Å². The highest BCUT2D eigenvalue weighted by Crippen LogP contribution is 1.97. The van der Waals surface area contributed by atoms with E-state index in [-0.39, 0.29) is 30.6 Å². The van der Waals surface area contributed by atoms with Gasteiger partial charge in [0.1, 0.15) is 0 Å². The molecule has 0 fully saturated rings. The molecule has 6 heteroatoms. The molecule has 0 aliphatic heterocycles. The lowest BCUT2D eigenvalue weighted by atomic mass is 10.3. The first kappa shape index (κ1) is 14.4. The van der Waals surface area contributed by atoms with Crippen molar-refractivity contribution in [3.63, 3.8) is 0 Å². The van der Waals surface area contributed by atoms with E-state index >= 15 is 0 Å². The van der Waals surface area contributed by atoms with Gasteiger partial charge in [0.2, 0.25) is 10.0 Å². The van der Waals surface area contributed by atoms with E-state index in [2.05, 4.69) is 9.46 Å². The van der Waals surface area contributed by atoms with Crippen LogP contribution < -0.4 is 4.72 Å². The van der Waals surface area contributed by atoms with Gasteiger partial charge in [-0.2, -0.15) is 0 Å². The topological polar surface area (TPSA) is 72.5 Å². The van der Waals surface area contributed by atoms with Crippen molar-refractivity contribution in [2.45, 2.75) is 27.2 Å². The Morgan fingerprint density at radius 3 is 2.47 bits per heavy atom. The number of rotatable bonds is 7. The molecule has 0 radical (unpaired) electrons. The normalized spacial score (nSPS) is 11.7. The molecule has 1 N–H and O–H groups in total. The van der Waals surface area contributed by atoms with Gasteiger partial charge in [-0.25, -0.2) is 13.1 Å². The summed E-state index contributed by atoms with van der Waals surface area (Å²) in [4.78, 5) is 10.9. The van der Waals surface area contributed by atoms with Crippen molar-refractivity contribution in [3.8, 4) is 0 Å². The Hall–Kier alpha value is -0.620. The molecule has 0 atom stereocenters. The highest BCUT2D eigenvalue weighted by molar-refractivity contribution is 7.89. The van der Waals surface area contributed by atoms with Crippen LogP contribution in [0.15, 0.2) is 0 Å². The Labute approximate surface area is 91.2 Å². The molecule has 0 amide bonds. The molecule has 0 rings (SSSR count). The molecule has 0 heterocycles. The van der Waals surface area contributed by atoms with Crippen molar-refractivity contribution in [2.75, 3.05) is 18.9 Å². The van der Waals surface area contributed by atoms with Crippen LogP contribution in [0, 0.1) is 5.92 Å². The Kier molecular flexibility index (Phi) is 6.51. The monoisotopic (exact) mass is 237 g/mol. The van der Waals surface area contributed by atoms with Gasteiger partial charge in [-0.05, 0) is 12.8 Å². The minimum Gasteiger partial charge on any atom is -0.466 e. The molecule has 0 aromatic heterocycles. The standard InChI is InChI=1S/C9H19NO4S/c1-4-14-9(11)5-6-10-15(12,13)7-8(2)3/h8,10H,4-7H2,1-3H3. The van der Waals surface area contributed by atoms with Crippen molar-refractivity contribution in [2.24, 2.45) is 5.92 Å². The summed E-state index contributed by atoms with van der Waals surface area (Å²) in [7, 11) is -3.25. The quantitative estimate of drug-likeness (QED) is 0.655. The van der Waals surface area contributed by atoms with Gasteiger partial charge in [0.25, 0.3) is 0 Å².